The maximum Gasteiger partial charge on any atom is 0.309 e. The lowest BCUT2D eigenvalue weighted by molar-refractivity contribution is -0.158. The Balaban J connectivity index is 1.24. The number of hydrogen-bond donors (Lipinski definition) is 0. The van der Waals surface area contributed by atoms with Gasteiger partial charge in [-0.25, -0.2) is 0 Å². The topological polar surface area (TPSA) is 50.1 Å². The van der Waals surface area contributed by atoms with Crippen molar-refractivity contribution in [1.82, 2.24) is 0 Å². The maximum absolute atomic E-state index is 13.0. The molecule has 3 saturated carbocycles. The molecule has 0 spiro atoms. The molecule has 230 valence electrons. The smallest absolute Gasteiger partial charge is 0.309 e. The van der Waals surface area contributed by atoms with Crippen molar-refractivity contribution in [3.05, 3.63) is 0 Å². The first-order valence-electron chi connectivity index (χ1n) is 18.2. The van der Waals surface area contributed by atoms with Crippen LogP contribution in [0.25, 0.3) is 0 Å². The van der Waals surface area contributed by atoms with Crippen LogP contribution in [0.3, 0.4) is 0 Å². The molecule has 0 radical (unpaired) electrons. The molecule has 0 unspecified atom stereocenters. The first-order chi connectivity index (χ1) is 19.6. The average molecular weight is 556 g/mol. The van der Waals surface area contributed by atoms with E-state index in [-0.39, 0.29) is 23.4 Å². The first-order valence-corrected chi connectivity index (χ1v) is 18.2. The molecule has 0 aromatic heterocycles. The lowest BCUT2D eigenvalue weighted by Gasteiger charge is -2.38. The van der Waals surface area contributed by atoms with Gasteiger partial charge in [0, 0.05) is 0 Å². The van der Waals surface area contributed by atoms with E-state index < -0.39 is 0 Å². The van der Waals surface area contributed by atoms with E-state index in [2.05, 4.69) is 19.9 Å². The normalized spacial score (nSPS) is 31.0. The van der Waals surface area contributed by atoms with Crippen molar-refractivity contribution in [2.75, 3.05) is 0 Å². The third-order valence-electron chi connectivity index (χ3n) is 11.3. The zero-order valence-corrected chi connectivity index (χ0v) is 26.7. The van der Waals surface area contributed by atoms with Crippen molar-refractivity contribution >= 4 is 5.97 Å². The van der Waals surface area contributed by atoms with Crippen LogP contribution in [0.15, 0.2) is 0 Å². The summed E-state index contributed by atoms with van der Waals surface area (Å²) in [5.74, 6) is 2.93. The number of rotatable bonds is 18. The Labute approximate surface area is 249 Å². The van der Waals surface area contributed by atoms with Gasteiger partial charge in [0.25, 0.3) is 0 Å². The Morgan fingerprint density at radius 2 is 1.18 bits per heavy atom. The van der Waals surface area contributed by atoms with Crippen molar-refractivity contribution < 1.29 is 9.53 Å². The highest BCUT2D eigenvalue weighted by molar-refractivity contribution is 5.72. The highest BCUT2D eigenvalue weighted by atomic mass is 16.5. The van der Waals surface area contributed by atoms with E-state index in [0.29, 0.717) is 0 Å². The summed E-state index contributed by atoms with van der Waals surface area (Å²) in [5.41, 5.74) is -0.167. The van der Waals surface area contributed by atoms with Crippen molar-refractivity contribution in [3.8, 4) is 6.07 Å². The van der Waals surface area contributed by atoms with Gasteiger partial charge in [-0.3, -0.25) is 4.79 Å². The van der Waals surface area contributed by atoms with Crippen LogP contribution in [0.2, 0.25) is 0 Å². The monoisotopic (exact) mass is 556 g/mol. The summed E-state index contributed by atoms with van der Waals surface area (Å²) >= 11 is 0. The lowest BCUT2D eigenvalue weighted by Crippen LogP contribution is -2.34. The van der Waals surface area contributed by atoms with Crippen LogP contribution in [-0.2, 0) is 9.53 Å². The fraction of sp³-hybridized carbons (Fsp3) is 0.946. The van der Waals surface area contributed by atoms with Gasteiger partial charge < -0.3 is 4.74 Å². The predicted molar refractivity (Wildman–Crippen MR) is 168 cm³/mol. The molecule has 0 atom stereocenters. The summed E-state index contributed by atoms with van der Waals surface area (Å²) in [6.07, 6.45) is 34.1. The maximum atomic E-state index is 13.0. The summed E-state index contributed by atoms with van der Waals surface area (Å²) < 4.78 is 6.05. The summed E-state index contributed by atoms with van der Waals surface area (Å²) in [6, 6.07) is 2.67. The summed E-state index contributed by atoms with van der Waals surface area (Å²) in [4.78, 5) is 13.0. The van der Waals surface area contributed by atoms with Crippen molar-refractivity contribution in [1.29, 1.82) is 5.26 Å². The fourth-order valence-corrected chi connectivity index (χ4v) is 8.35. The summed E-state index contributed by atoms with van der Waals surface area (Å²) in [7, 11) is 0. The molecule has 0 amide bonds. The minimum absolute atomic E-state index is 0.0446. The molecule has 3 aliphatic rings. The second-order valence-electron chi connectivity index (χ2n) is 14.3. The van der Waals surface area contributed by atoms with Crippen LogP contribution < -0.4 is 0 Å². The number of nitriles is 1. The number of nitrogens with zero attached hydrogens (tertiary/aromatic N) is 1. The molecular weight excluding hydrogens is 490 g/mol. The number of unbranched alkanes of at least 4 members (excludes halogenated alkanes) is 11. The van der Waals surface area contributed by atoms with Crippen LogP contribution in [0.5, 0.6) is 0 Å². The molecule has 3 heteroatoms. The molecule has 3 fully saturated rings. The Morgan fingerprint density at radius 1 is 0.675 bits per heavy atom. The third kappa shape index (κ3) is 11.7. The molecule has 40 heavy (non-hydrogen) atoms. The molecule has 0 bridgehead atoms. The summed E-state index contributed by atoms with van der Waals surface area (Å²) in [6.45, 7) is 4.54. The second-order valence-corrected chi connectivity index (χ2v) is 14.3. The SMILES string of the molecule is CCCCCCCCCC[C@H]1CC[C@H](C2CCC(C(=O)OC3CCC(C#N)(CCCCCCC)CC3)CC2)CC1. The molecule has 3 aliphatic carbocycles. The highest BCUT2D eigenvalue weighted by Crippen LogP contribution is 2.44. The molecule has 0 saturated heterocycles. The van der Waals surface area contributed by atoms with E-state index in [4.69, 9.17) is 4.74 Å². The van der Waals surface area contributed by atoms with E-state index in [1.165, 1.54) is 128 Å². The van der Waals surface area contributed by atoms with Gasteiger partial charge in [0.15, 0.2) is 0 Å². The van der Waals surface area contributed by atoms with Crippen LogP contribution in [0, 0.1) is 40.4 Å². The largest absolute Gasteiger partial charge is 0.462 e. The number of hydrogen-bond acceptors (Lipinski definition) is 3. The molecular formula is C37H65NO2. The molecule has 0 aliphatic heterocycles. The van der Waals surface area contributed by atoms with Gasteiger partial charge in [-0.1, -0.05) is 117 Å². The second kappa shape index (κ2) is 19.2. The van der Waals surface area contributed by atoms with E-state index >= 15 is 0 Å². The summed E-state index contributed by atoms with van der Waals surface area (Å²) in [5, 5.41) is 9.89. The highest BCUT2D eigenvalue weighted by Gasteiger charge is 2.38. The molecule has 3 rings (SSSR count). The van der Waals surface area contributed by atoms with Crippen molar-refractivity contribution in [2.45, 2.75) is 193 Å². The first kappa shape index (κ1) is 33.5. The zero-order chi connectivity index (χ0) is 28.5. The molecule has 0 aromatic carbocycles. The van der Waals surface area contributed by atoms with E-state index in [1.807, 2.05) is 0 Å². The van der Waals surface area contributed by atoms with Gasteiger partial charge in [-0.05, 0) is 88.4 Å². The Bertz CT molecular complexity index is 702. The zero-order valence-electron chi connectivity index (χ0n) is 26.7. The van der Waals surface area contributed by atoms with E-state index in [0.717, 1.165) is 62.7 Å². The predicted octanol–water partition coefficient (Wildman–Crippen LogP) is 11.5. The van der Waals surface area contributed by atoms with Gasteiger partial charge in [0.1, 0.15) is 6.10 Å². The minimum atomic E-state index is -0.167. The van der Waals surface area contributed by atoms with Crippen molar-refractivity contribution in [3.63, 3.8) is 0 Å². The molecule has 0 N–H and O–H groups in total. The quantitative estimate of drug-likeness (QED) is 0.125. The fourth-order valence-electron chi connectivity index (χ4n) is 8.35. The number of ether oxygens (including phenoxy) is 1. The Morgan fingerprint density at radius 3 is 1.73 bits per heavy atom. The van der Waals surface area contributed by atoms with Crippen LogP contribution >= 0.6 is 0 Å². The Hall–Kier alpha value is -1.04. The van der Waals surface area contributed by atoms with Crippen molar-refractivity contribution in [2.24, 2.45) is 29.1 Å². The van der Waals surface area contributed by atoms with E-state index in [9.17, 15) is 10.1 Å². The van der Waals surface area contributed by atoms with E-state index in [1.54, 1.807) is 0 Å². The van der Waals surface area contributed by atoms with Crippen LogP contribution in [0.4, 0.5) is 0 Å². The van der Waals surface area contributed by atoms with Gasteiger partial charge in [0.2, 0.25) is 0 Å². The average Bonchev–Trinajstić information content (AvgIpc) is 3.00. The molecule has 0 heterocycles. The standard InChI is InChI=1S/C37H65NO2/c1-3-5-7-9-10-11-12-14-16-31-17-19-32(20-18-31)33-21-23-34(24-22-33)36(39)40-35-25-28-37(30-38,29-26-35)27-15-13-8-6-4-2/h31-35H,3-29H2,1-2H3/t31-,32-,33?,34?,35?,37?. The van der Waals surface area contributed by atoms with Crippen LogP contribution in [-0.4, -0.2) is 12.1 Å². The number of carbonyl (C=O) groups excluding carboxylic acids is 1. The van der Waals surface area contributed by atoms with Gasteiger partial charge in [0.05, 0.1) is 17.4 Å². The van der Waals surface area contributed by atoms with Gasteiger partial charge >= 0.3 is 5.97 Å². The molecule has 0 aromatic rings. The van der Waals surface area contributed by atoms with Gasteiger partial charge in [-0.2, -0.15) is 5.26 Å². The lowest BCUT2D eigenvalue weighted by atomic mass is 9.68. The number of carbonyl (C=O) groups is 1. The van der Waals surface area contributed by atoms with Crippen LogP contribution in [0.1, 0.15) is 187 Å². The molecule has 3 nitrogen and oxygen atoms in total. The minimum Gasteiger partial charge on any atom is -0.462 e. The number of esters is 1. The third-order valence-corrected chi connectivity index (χ3v) is 11.3. The Kier molecular flexibility index (Phi) is 16.1. The van der Waals surface area contributed by atoms with Gasteiger partial charge in [-0.15, -0.1) is 0 Å².